The zero-order chi connectivity index (χ0) is 42.8. The second-order valence-electron chi connectivity index (χ2n) is 16.8. The highest BCUT2D eigenvalue weighted by Crippen LogP contribution is 2.46. The number of fused-ring (bicyclic) bond motifs is 9. The average Bonchev–Trinajstić information content (AvgIpc) is 3.96. The van der Waals surface area contributed by atoms with Crippen molar-refractivity contribution in [2.45, 2.75) is 0 Å². The van der Waals surface area contributed by atoms with Gasteiger partial charge in [-0.3, -0.25) is 0 Å². The van der Waals surface area contributed by atoms with Gasteiger partial charge in [0.1, 0.15) is 22.3 Å². The number of hydrogen-bond donors (Lipinski definition) is 0. The monoisotopic (exact) mass is 829 g/mol. The molecule has 0 saturated carbocycles. The van der Waals surface area contributed by atoms with Crippen LogP contribution >= 0.6 is 0 Å². The van der Waals surface area contributed by atoms with Gasteiger partial charge in [-0.25, -0.2) is 0 Å². The summed E-state index contributed by atoms with van der Waals surface area (Å²) in [6, 6.07) is 84.8. The van der Waals surface area contributed by atoms with Crippen molar-refractivity contribution in [2.75, 3.05) is 4.90 Å². The van der Waals surface area contributed by atoms with E-state index in [9.17, 15) is 0 Å². The minimum atomic E-state index is 0.876. The Hall–Kier alpha value is -8.66. The lowest BCUT2D eigenvalue weighted by Gasteiger charge is -2.29. The molecule has 3 nitrogen and oxygen atoms in total. The van der Waals surface area contributed by atoms with E-state index < -0.39 is 0 Å². The summed E-state index contributed by atoms with van der Waals surface area (Å²) in [5.74, 6) is 0. The molecule has 0 aliphatic carbocycles. The Morgan fingerprint density at radius 1 is 0.277 bits per heavy atom. The van der Waals surface area contributed by atoms with Gasteiger partial charge in [0, 0.05) is 49.4 Å². The molecule has 2 heterocycles. The molecule has 11 aromatic carbocycles. The highest BCUT2D eigenvalue weighted by molar-refractivity contribution is 6.19. The van der Waals surface area contributed by atoms with Crippen LogP contribution in [-0.4, -0.2) is 0 Å². The van der Waals surface area contributed by atoms with Gasteiger partial charge in [0.05, 0.1) is 5.69 Å². The fourth-order valence-corrected chi connectivity index (χ4v) is 9.93. The molecule has 3 heteroatoms. The summed E-state index contributed by atoms with van der Waals surface area (Å²) in [4.78, 5) is 2.42. The van der Waals surface area contributed by atoms with E-state index >= 15 is 0 Å². The summed E-state index contributed by atoms with van der Waals surface area (Å²) in [6.07, 6.45) is 0. The van der Waals surface area contributed by atoms with Crippen LogP contribution in [0.4, 0.5) is 17.1 Å². The molecule has 13 aromatic rings. The third kappa shape index (κ3) is 6.20. The molecule has 0 atom stereocenters. The van der Waals surface area contributed by atoms with Crippen LogP contribution in [0.25, 0.3) is 110 Å². The standard InChI is InChI=1S/C62H39NO2/c1-2-14-41(15-3-1)50-35-32-46(45-28-27-40-13-4-5-17-44(40)37-45)39-57(50)63(48-33-29-43(30-34-48)53-23-11-24-55-54-21-8-9-25-58(54)64-61(53)55)49-19-10-18-47(38-49)51-22-12-26-59-60(51)56-36-31-42-16-6-7-20-52(42)62(56)65-59/h1-39H. The fraction of sp³-hybridized carbons (Fsp3) is 0. The Morgan fingerprint density at radius 3 is 1.78 bits per heavy atom. The van der Waals surface area contributed by atoms with Gasteiger partial charge < -0.3 is 13.7 Å². The largest absolute Gasteiger partial charge is 0.455 e. The maximum Gasteiger partial charge on any atom is 0.143 e. The van der Waals surface area contributed by atoms with Crippen molar-refractivity contribution in [3.63, 3.8) is 0 Å². The molecule has 0 saturated heterocycles. The summed E-state index contributed by atoms with van der Waals surface area (Å²) in [5.41, 5.74) is 15.7. The van der Waals surface area contributed by atoms with Crippen molar-refractivity contribution in [3.05, 3.63) is 237 Å². The molecule has 0 unspecified atom stereocenters. The minimum absolute atomic E-state index is 0.876. The van der Waals surface area contributed by atoms with E-state index in [1.54, 1.807) is 0 Å². The first-order valence-corrected chi connectivity index (χ1v) is 22.1. The molecule has 13 rings (SSSR count). The minimum Gasteiger partial charge on any atom is -0.455 e. The van der Waals surface area contributed by atoms with Gasteiger partial charge in [-0.1, -0.05) is 182 Å². The summed E-state index contributed by atoms with van der Waals surface area (Å²) >= 11 is 0. The van der Waals surface area contributed by atoms with Crippen LogP contribution in [0.5, 0.6) is 0 Å². The second kappa shape index (κ2) is 15.0. The molecule has 0 aliphatic rings. The normalized spacial score (nSPS) is 11.7. The molecule has 65 heavy (non-hydrogen) atoms. The van der Waals surface area contributed by atoms with Crippen molar-refractivity contribution in [1.29, 1.82) is 0 Å². The van der Waals surface area contributed by atoms with Crippen molar-refractivity contribution in [2.24, 2.45) is 0 Å². The highest BCUT2D eigenvalue weighted by atomic mass is 16.3. The third-order valence-electron chi connectivity index (χ3n) is 13.0. The predicted molar refractivity (Wildman–Crippen MR) is 272 cm³/mol. The van der Waals surface area contributed by atoms with Crippen LogP contribution in [-0.2, 0) is 0 Å². The Balaban J connectivity index is 1.02. The SMILES string of the molecule is c1ccc(-c2ccc(-c3ccc4ccccc4c3)cc2N(c2ccc(-c3cccc4c3oc3ccccc34)cc2)c2cccc(-c3cccc4oc5c6ccccc6ccc5c34)c2)cc1. The molecule has 0 amide bonds. The van der Waals surface area contributed by atoms with Crippen molar-refractivity contribution < 1.29 is 8.83 Å². The quantitative estimate of drug-likeness (QED) is 0.160. The van der Waals surface area contributed by atoms with E-state index in [0.717, 1.165) is 105 Å². The molecular weight excluding hydrogens is 791 g/mol. The lowest BCUT2D eigenvalue weighted by atomic mass is 9.95. The van der Waals surface area contributed by atoms with Crippen molar-refractivity contribution >= 4 is 82.5 Å². The Kier molecular flexibility index (Phi) is 8.53. The van der Waals surface area contributed by atoms with Gasteiger partial charge in [0.2, 0.25) is 0 Å². The number of nitrogens with zero attached hydrogens (tertiary/aromatic N) is 1. The molecule has 0 spiro atoms. The first-order chi connectivity index (χ1) is 32.2. The number of furan rings is 2. The van der Waals surface area contributed by atoms with Crippen LogP contribution < -0.4 is 4.90 Å². The van der Waals surface area contributed by atoms with Gasteiger partial charge in [0.15, 0.2) is 0 Å². The van der Waals surface area contributed by atoms with E-state index in [1.807, 2.05) is 12.1 Å². The first-order valence-electron chi connectivity index (χ1n) is 22.1. The molecule has 0 radical (unpaired) electrons. The smallest absolute Gasteiger partial charge is 0.143 e. The van der Waals surface area contributed by atoms with Crippen LogP contribution in [0.15, 0.2) is 245 Å². The zero-order valence-electron chi connectivity index (χ0n) is 35.3. The molecule has 304 valence electrons. The van der Waals surface area contributed by atoms with Gasteiger partial charge in [-0.05, 0) is 104 Å². The van der Waals surface area contributed by atoms with Gasteiger partial charge in [-0.2, -0.15) is 0 Å². The Morgan fingerprint density at radius 2 is 0.892 bits per heavy atom. The molecule has 0 fully saturated rings. The topological polar surface area (TPSA) is 29.5 Å². The number of rotatable bonds is 7. The molecular formula is C62H39NO2. The number of benzene rings is 11. The van der Waals surface area contributed by atoms with Gasteiger partial charge in [0.25, 0.3) is 0 Å². The van der Waals surface area contributed by atoms with E-state index in [2.05, 4.69) is 229 Å². The molecule has 2 aromatic heterocycles. The zero-order valence-corrected chi connectivity index (χ0v) is 35.3. The lowest BCUT2D eigenvalue weighted by Crippen LogP contribution is -2.11. The number of anilines is 3. The summed E-state index contributed by atoms with van der Waals surface area (Å²) in [7, 11) is 0. The Labute approximate surface area is 375 Å². The van der Waals surface area contributed by atoms with Gasteiger partial charge in [-0.15, -0.1) is 0 Å². The molecule has 0 bridgehead atoms. The number of para-hydroxylation sites is 2. The predicted octanol–water partition coefficient (Wildman–Crippen LogP) is 17.9. The summed E-state index contributed by atoms with van der Waals surface area (Å²) in [5, 5.41) is 9.19. The van der Waals surface area contributed by atoms with E-state index in [1.165, 1.54) is 21.7 Å². The maximum atomic E-state index is 6.67. The first kappa shape index (κ1) is 36.9. The van der Waals surface area contributed by atoms with Crippen molar-refractivity contribution in [3.8, 4) is 44.5 Å². The summed E-state index contributed by atoms with van der Waals surface area (Å²) in [6.45, 7) is 0. The second-order valence-corrected chi connectivity index (χ2v) is 16.8. The summed E-state index contributed by atoms with van der Waals surface area (Å²) < 4.78 is 13.2. The van der Waals surface area contributed by atoms with Crippen LogP contribution in [0.2, 0.25) is 0 Å². The lowest BCUT2D eigenvalue weighted by molar-refractivity contribution is 0.670. The van der Waals surface area contributed by atoms with E-state index in [4.69, 9.17) is 8.83 Å². The van der Waals surface area contributed by atoms with E-state index in [-0.39, 0.29) is 0 Å². The molecule has 0 N–H and O–H groups in total. The van der Waals surface area contributed by atoms with Crippen molar-refractivity contribution in [1.82, 2.24) is 0 Å². The number of hydrogen-bond acceptors (Lipinski definition) is 3. The highest BCUT2D eigenvalue weighted by Gasteiger charge is 2.22. The Bertz CT molecular complexity index is 3950. The van der Waals surface area contributed by atoms with E-state index in [0.29, 0.717) is 0 Å². The average molecular weight is 830 g/mol. The maximum absolute atomic E-state index is 6.67. The molecule has 0 aliphatic heterocycles. The van der Waals surface area contributed by atoms with Crippen LogP contribution in [0.1, 0.15) is 0 Å². The fourth-order valence-electron chi connectivity index (χ4n) is 9.93. The van der Waals surface area contributed by atoms with Crippen LogP contribution in [0.3, 0.4) is 0 Å². The van der Waals surface area contributed by atoms with Gasteiger partial charge >= 0.3 is 0 Å². The third-order valence-corrected chi connectivity index (χ3v) is 13.0. The van der Waals surface area contributed by atoms with Crippen LogP contribution in [0, 0.1) is 0 Å².